The van der Waals surface area contributed by atoms with Gasteiger partial charge in [0, 0.05) is 0 Å². The summed E-state index contributed by atoms with van der Waals surface area (Å²) in [5.74, 6) is -0.482. The van der Waals surface area contributed by atoms with Crippen molar-refractivity contribution in [3.05, 3.63) is 0 Å². The maximum atomic E-state index is 11.9. The Kier molecular flexibility index (Phi) is 7.10. The smallest absolute Gasteiger partial charge is 0.323 e. The van der Waals surface area contributed by atoms with Crippen molar-refractivity contribution in [1.29, 1.82) is 0 Å². The maximum absolute atomic E-state index is 11.9. The Labute approximate surface area is 101 Å². The van der Waals surface area contributed by atoms with Gasteiger partial charge in [-0.15, -0.1) is 0 Å². The minimum absolute atomic E-state index is 0.482. The number of methoxy groups -OCH3 is 1. The maximum Gasteiger partial charge on any atom is 0.323 e. The van der Waals surface area contributed by atoms with Gasteiger partial charge >= 0.3 is 5.97 Å². The molecule has 0 N–H and O–H groups in total. The van der Waals surface area contributed by atoms with Gasteiger partial charge in [0.1, 0.15) is 0 Å². The van der Waals surface area contributed by atoms with Crippen molar-refractivity contribution in [2.24, 2.45) is 0 Å². The van der Waals surface area contributed by atoms with Crippen LogP contribution in [0.3, 0.4) is 0 Å². The molecule has 0 saturated carbocycles. The van der Waals surface area contributed by atoms with E-state index in [2.05, 4.69) is 25.5 Å². The zero-order valence-electron chi connectivity index (χ0n) is 10.7. The fraction of sp³-hybridized carbons (Fsp3) is 0.900. The van der Waals surface area contributed by atoms with Crippen molar-refractivity contribution in [2.75, 3.05) is 7.11 Å². The molecular weight excluding hydrogens is 244 g/mol. The van der Waals surface area contributed by atoms with Crippen LogP contribution in [0.25, 0.3) is 0 Å². The Morgan fingerprint density at radius 2 is 1.69 bits per heavy atom. The highest BCUT2D eigenvalue weighted by Gasteiger charge is 2.34. The minimum atomic E-state index is -1.91. The molecule has 16 heavy (non-hydrogen) atoms. The van der Waals surface area contributed by atoms with E-state index in [1.54, 1.807) is 6.92 Å². The molecule has 0 spiro atoms. The molecule has 0 saturated heterocycles. The molecule has 0 aromatic carbocycles. The molecule has 0 aromatic rings. The lowest BCUT2D eigenvalue weighted by molar-refractivity contribution is -0.139. The molecule has 96 valence electrons. The Morgan fingerprint density at radius 3 is 2.00 bits per heavy atom. The van der Waals surface area contributed by atoms with E-state index in [-0.39, 0.29) is 0 Å². The van der Waals surface area contributed by atoms with E-state index in [9.17, 15) is 9.00 Å². The van der Waals surface area contributed by atoms with Gasteiger partial charge in [-0.05, 0) is 25.1 Å². The molecule has 0 fully saturated rings. The normalized spacial score (nSPS) is 15.6. The monoisotopic (exact) mass is 266 g/mol. The Morgan fingerprint density at radius 1 is 1.25 bits per heavy atom. The number of ether oxygens (including phenoxy) is 1. The average molecular weight is 266 g/mol. The molecule has 0 amide bonds. The fourth-order valence-corrected chi connectivity index (χ4v) is 6.56. The topological polar surface area (TPSA) is 52.6 Å². The zero-order valence-corrected chi connectivity index (χ0v) is 12.6. The van der Waals surface area contributed by atoms with E-state index in [1.165, 1.54) is 7.11 Å². The summed E-state index contributed by atoms with van der Waals surface area (Å²) in [6, 6.07) is 2.75. The van der Waals surface area contributed by atoms with Crippen LogP contribution < -0.4 is 0 Å². The van der Waals surface area contributed by atoms with Crippen LogP contribution in [0.1, 0.15) is 27.7 Å². The third-order valence-corrected chi connectivity index (χ3v) is 9.72. The number of hydrogen-bond acceptors (Lipinski definition) is 4. The van der Waals surface area contributed by atoms with Gasteiger partial charge in [0.05, 0.1) is 7.11 Å². The highest BCUT2D eigenvalue weighted by molar-refractivity contribution is 7.82. The van der Waals surface area contributed by atoms with E-state index in [0.717, 1.165) is 18.1 Å². The van der Waals surface area contributed by atoms with Crippen molar-refractivity contribution in [2.45, 2.75) is 51.1 Å². The molecule has 0 rings (SSSR count). The first-order valence-electron chi connectivity index (χ1n) is 5.64. The first kappa shape index (κ1) is 15.8. The van der Waals surface area contributed by atoms with Gasteiger partial charge in [-0.2, -0.15) is 0 Å². The number of esters is 1. The SMILES string of the molecule is CC[Si](CC)(CC)OS(=O)C(C)C(=O)OC. The van der Waals surface area contributed by atoms with Crippen LogP contribution >= 0.6 is 0 Å². The second kappa shape index (κ2) is 7.19. The number of carbonyl (C=O) groups is 1. The molecule has 0 aliphatic carbocycles. The van der Waals surface area contributed by atoms with Crippen LogP contribution in [0.2, 0.25) is 18.1 Å². The van der Waals surface area contributed by atoms with Crippen LogP contribution in [0.15, 0.2) is 0 Å². The van der Waals surface area contributed by atoms with Crippen LogP contribution in [0.5, 0.6) is 0 Å². The highest BCUT2D eigenvalue weighted by atomic mass is 32.2. The van der Waals surface area contributed by atoms with Crippen molar-refractivity contribution in [1.82, 2.24) is 0 Å². The second-order valence-corrected chi connectivity index (χ2v) is 10.1. The predicted molar refractivity (Wildman–Crippen MR) is 67.9 cm³/mol. The van der Waals surface area contributed by atoms with Crippen LogP contribution in [0.4, 0.5) is 0 Å². The average Bonchev–Trinajstić information content (AvgIpc) is 2.33. The van der Waals surface area contributed by atoms with Gasteiger partial charge in [0.25, 0.3) is 0 Å². The first-order chi connectivity index (χ1) is 7.46. The van der Waals surface area contributed by atoms with Crippen molar-refractivity contribution in [3.8, 4) is 0 Å². The second-order valence-electron chi connectivity index (χ2n) is 3.75. The molecule has 0 aromatic heterocycles. The summed E-state index contributed by atoms with van der Waals surface area (Å²) in [6.07, 6.45) is 0. The molecule has 2 unspecified atom stereocenters. The Balaban J connectivity index is 4.58. The molecule has 6 heteroatoms. The molecule has 0 heterocycles. The third kappa shape index (κ3) is 3.99. The molecule has 0 radical (unpaired) electrons. The summed E-state index contributed by atoms with van der Waals surface area (Å²) < 4.78 is 22.1. The molecule has 0 aliphatic heterocycles. The summed E-state index contributed by atoms with van der Waals surface area (Å²) in [6.45, 7) is 7.74. The lowest BCUT2D eigenvalue weighted by Crippen LogP contribution is -2.40. The van der Waals surface area contributed by atoms with Crippen molar-refractivity contribution < 1.29 is 17.6 Å². The van der Waals surface area contributed by atoms with E-state index in [0.29, 0.717) is 0 Å². The molecule has 0 bridgehead atoms. The summed E-state index contributed by atoms with van der Waals surface area (Å²) in [5, 5.41) is -0.707. The van der Waals surface area contributed by atoms with E-state index in [4.69, 9.17) is 3.87 Å². The molecule has 0 aliphatic rings. The van der Waals surface area contributed by atoms with E-state index < -0.39 is 30.6 Å². The van der Waals surface area contributed by atoms with Crippen molar-refractivity contribution in [3.63, 3.8) is 0 Å². The van der Waals surface area contributed by atoms with Crippen LogP contribution in [0, 0.1) is 0 Å². The number of hydrogen-bond donors (Lipinski definition) is 0. The summed E-state index contributed by atoms with van der Waals surface area (Å²) in [4.78, 5) is 11.2. The van der Waals surface area contributed by atoms with Gasteiger partial charge in [-0.25, -0.2) is 4.21 Å². The molecular formula is C10H22O4SSi. The summed E-state index contributed by atoms with van der Waals surface area (Å²) in [7, 11) is -0.618. The third-order valence-electron chi connectivity index (χ3n) is 3.01. The predicted octanol–water partition coefficient (Wildman–Crippen LogP) is 2.23. The largest absolute Gasteiger partial charge is 0.468 e. The minimum Gasteiger partial charge on any atom is -0.468 e. The summed E-state index contributed by atoms with van der Waals surface area (Å²) in [5.41, 5.74) is 0. The standard InChI is InChI=1S/C10H22O4SSi/c1-6-16(7-2,8-3)14-15(12)9(4)10(11)13-5/h9H,6-8H2,1-5H3. The quantitative estimate of drug-likeness (QED) is 0.524. The van der Waals surface area contributed by atoms with Gasteiger partial charge in [-0.1, -0.05) is 20.8 Å². The lowest BCUT2D eigenvalue weighted by Gasteiger charge is -2.27. The van der Waals surface area contributed by atoms with Gasteiger partial charge in [0.15, 0.2) is 16.3 Å². The van der Waals surface area contributed by atoms with Gasteiger partial charge in [0.2, 0.25) is 8.32 Å². The lowest BCUT2D eigenvalue weighted by atomic mass is 10.5. The number of carbonyl (C=O) groups excluding carboxylic acids is 1. The van der Waals surface area contributed by atoms with E-state index >= 15 is 0 Å². The van der Waals surface area contributed by atoms with Crippen molar-refractivity contribution >= 4 is 25.4 Å². The molecule has 4 nitrogen and oxygen atoms in total. The van der Waals surface area contributed by atoms with Crippen LogP contribution in [-0.4, -0.2) is 30.9 Å². The number of rotatable bonds is 7. The van der Waals surface area contributed by atoms with Crippen LogP contribution in [-0.2, 0) is 24.5 Å². The van der Waals surface area contributed by atoms with Gasteiger partial charge in [-0.3, -0.25) is 4.79 Å². The fourth-order valence-electron chi connectivity index (χ4n) is 1.42. The zero-order chi connectivity index (χ0) is 12.8. The molecule has 2 atom stereocenters. The van der Waals surface area contributed by atoms with Gasteiger partial charge < -0.3 is 8.61 Å². The summed E-state index contributed by atoms with van der Waals surface area (Å²) >= 11 is -1.58. The highest BCUT2D eigenvalue weighted by Crippen LogP contribution is 2.24. The van der Waals surface area contributed by atoms with E-state index in [1.807, 2.05) is 0 Å². The Bertz CT molecular complexity index is 245. The Hall–Kier alpha value is -0.203. The first-order valence-corrected chi connectivity index (χ1v) is 9.31.